The molecule has 1 aliphatic rings. The molecule has 1 fully saturated rings. The SMILES string of the molecule is COc1ccc(C(OC[C@H]2O[C@@H](c3c[nH]c(=O)[nH]c3=O)[C@H](O)[C@@H]2OP(OCCC#N)N(C(C)C)C(C)C)(c2ccccc2)c2ccc(OC)cc2)cc1. The third kappa shape index (κ3) is 8.88. The number of nitrogens with zero attached hydrogens (tertiary/aromatic N) is 2. The van der Waals surface area contributed by atoms with E-state index < -0.39 is 49.8 Å². The number of hydrogen-bond acceptors (Lipinski definition) is 11. The van der Waals surface area contributed by atoms with Crippen molar-refractivity contribution < 1.29 is 33.1 Å². The average molecular weight is 747 g/mol. The second kappa shape index (κ2) is 18.1. The highest BCUT2D eigenvalue weighted by molar-refractivity contribution is 7.44. The second-order valence-corrected chi connectivity index (χ2v) is 14.5. The van der Waals surface area contributed by atoms with E-state index in [0.717, 1.165) is 16.7 Å². The fraction of sp³-hybridized carbons (Fsp3) is 0.410. The van der Waals surface area contributed by atoms with Crippen molar-refractivity contribution >= 4 is 8.53 Å². The Morgan fingerprint density at radius 3 is 1.98 bits per heavy atom. The van der Waals surface area contributed by atoms with Crippen LogP contribution < -0.4 is 20.7 Å². The van der Waals surface area contributed by atoms with Crippen molar-refractivity contribution in [2.24, 2.45) is 0 Å². The number of nitrogens with one attached hydrogen (secondary N) is 2. The highest BCUT2D eigenvalue weighted by Gasteiger charge is 2.50. The van der Waals surface area contributed by atoms with Gasteiger partial charge in [0.05, 0.1) is 45.5 Å². The first-order chi connectivity index (χ1) is 25.5. The predicted molar refractivity (Wildman–Crippen MR) is 200 cm³/mol. The van der Waals surface area contributed by atoms with E-state index in [9.17, 15) is 20.0 Å². The van der Waals surface area contributed by atoms with Crippen molar-refractivity contribution in [3.05, 3.63) is 128 Å². The van der Waals surface area contributed by atoms with Gasteiger partial charge in [-0.25, -0.2) is 9.46 Å². The van der Waals surface area contributed by atoms with Crippen LogP contribution in [-0.4, -0.2) is 77.6 Å². The molecule has 53 heavy (non-hydrogen) atoms. The molecule has 3 N–H and O–H groups in total. The summed E-state index contributed by atoms with van der Waals surface area (Å²) in [7, 11) is 1.36. The van der Waals surface area contributed by atoms with Gasteiger partial charge in [0.25, 0.3) is 14.1 Å². The van der Waals surface area contributed by atoms with Crippen LogP contribution in [-0.2, 0) is 24.1 Å². The maximum absolute atomic E-state index is 13.0. The molecule has 282 valence electrons. The maximum atomic E-state index is 13.0. The van der Waals surface area contributed by atoms with Gasteiger partial charge in [-0.2, -0.15) is 5.26 Å². The zero-order valence-corrected chi connectivity index (χ0v) is 31.6. The van der Waals surface area contributed by atoms with Gasteiger partial charge in [-0.05, 0) is 68.7 Å². The van der Waals surface area contributed by atoms with E-state index in [1.165, 1.54) is 6.20 Å². The number of H-pyrrole nitrogens is 2. The molecule has 13 nitrogen and oxygen atoms in total. The van der Waals surface area contributed by atoms with Gasteiger partial charge in [0.2, 0.25) is 0 Å². The lowest BCUT2D eigenvalue weighted by atomic mass is 9.80. The Bertz CT molecular complexity index is 1860. The maximum Gasteiger partial charge on any atom is 0.325 e. The van der Waals surface area contributed by atoms with Crippen LogP contribution in [0.5, 0.6) is 11.5 Å². The lowest BCUT2D eigenvalue weighted by molar-refractivity contribution is -0.0808. The number of hydrogen-bond donors (Lipinski definition) is 3. The molecular formula is C39H47N4O9P. The smallest absolute Gasteiger partial charge is 0.325 e. The van der Waals surface area contributed by atoms with Crippen molar-refractivity contribution in [2.45, 2.75) is 76.2 Å². The molecule has 14 heteroatoms. The van der Waals surface area contributed by atoms with Crippen LogP contribution in [0.2, 0.25) is 0 Å². The van der Waals surface area contributed by atoms with Crippen LogP contribution in [0, 0.1) is 11.3 Å². The summed E-state index contributed by atoms with van der Waals surface area (Å²) in [5, 5.41) is 21.2. The molecule has 0 spiro atoms. The van der Waals surface area contributed by atoms with Crippen LogP contribution in [0.3, 0.4) is 0 Å². The zero-order valence-electron chi connectivity index (χ0n) is 30.7. The van der Waals surface area contributed by atoms with Crippen LogP contribution in [0.25, 0.3) is 0 Å². The van der Waals surface area contributed by atoms with Crippen molar-refractivity contribution in [2.75, 3.05) is 27.4 Å². The van der Waals surface area contributed by atoms with E-state index >= 15 is 0 Å². The molecule has 0 aliphatic carbocycles. The number of aromatic amines is 2. The molecular weight excluding hydrogens is 699 g/mol. The number of methoxy groups -OCH3 is 2. The minimum absolute atomic E-state index is 0.0205. The first-order valence-corrected chi connectivity index (χ1v) is 18.6. The number of nitriles is 1. The monoisotopic (exact) mass is 746 g/mol. The summed E-state index contributed by atoms with van der Waals surface area (Å²) in [5.41, 5.74) is -0.210. The summed E-state index contributed by atoms with van der Waals surface area (Å²) < 4.78 is 39.6. The summed E-state index contributed by atoms with van der Waals surface area (Å²) in [6.45, 7) is 8.02. The van der Waals surface area contributed by atoms with E-state index in [1.807, 2.05) is 111 Å². The summed E-state index contributed by atoms with van der Waals surface area (Å²) >= 11 is 0. The third-order valence-electron chi connectivity index (χ3n) is 9.00. The van der Waals surface area contributed by atoms with Crippen LogP contribution in [0.1, 0.15) is 62.5 Å². The number of rotatable bonds is 17. The van der Waals surface area contributed by atoms with Gasteiger partial charge in [-0.1, -0.05) is 54.6 Å². The standard InChI is InChI=1S/C39H47N4O9P/c1-25(2)43(26(3)4)53(50-22-10-21-40)52-36-33(51-35(34(36)44)32-23-41-38(46)42-37(32)45)24-49-39(27-11-8-7-9-12-27,28-13-17-30(47-5)18-14-28)29-15-19-31(48-6)20-16-29/h7-9,11-20,23,25-26,33-36,44H,10,22,24H2,1-6H3,(H2,41,42,45,46)/t33-,34+,35+,36-,53?/m1/s1. The lowest BCUT2D eigenvalue weighted by Gasteiger charge is -2.39. The predicted octanol–water partition coefficient (Wildman–Crippen LogP) is 5.55. The molecule has 1 aliphatic heterocycles. The topological polar surface area (TPSA) is 168 Å². The first-order valence-electron chi connectivity index (χ1n) is 17.4. The molecule has 2 heterocycles. The second-order valence-electron chi connectivity index (χ2n) is 13.0. The van der Waals surface area contributed by atoms with Gasteiger partial charge in [-0.15, -0.1) is 0 Å². The first kappa shape index (κ1) is 39.8. The van der Waals surface area contributed by atoms with E-state index in [-0.39, 0.29) is 37.3 Å². The van der Waals surface area contributed by atoms with E-state index in [2.05, 4.69) is 16.0 Å². The molecule has 5 atom stereocenters. The van der Waals surface area contributed by atoms with E-state index in [0.29, 0.717) is 11.5 Å². The van der Waals surface area contributed by atoms with Gasteiger partial charge < -0.3 is 38.1 Å². The minimum atomic E-state index is -1.85. The molecule has 4 aromatic rings. The molecule has 0 radical (unpaired) electrons. The normalized spacial score (nSPS) is 19.4. The number of benzene rings is 3. The van der Waals surface area contributed by atoms with Crippen LogP contribution in [0.15, 0.2) is 94.6 Å². The molecule has 0 amide bonds. The Hall–Kier alpha value is -4.38. The van der Waals surface area contributed by atoms with E-state index in [1.54, 1.807) is 14.2 Å². The lowest BCUT2D eigenvalue weighted by Crippen LogP contribution is -2.42. The summed E-state index contributed by atoms with van der Waals surface area (Å²) in [4.78, 5) is 29.6. The van der Waals surface area contributed by atoms with Gasteiger partial charge >= 0.3 is 5.69 Å². The Morgan fingerprint density at radius 2 is 1.47 bits per heavy atom. The Balaban J connectivity index is 1.62. The Labute approximate surface area is 310 Å². The van der Waals surface area contributed by atoms with E-state index in [4.69, 9.17) is 28.0 Å². The molecule has 1 saturated heterocycles. The van der Waals surface area contributed by atoms with Gasteiger partial charge in [0, 0.05) is 18.3 Å². The molecule has 3 aromatic carbocycles. The zero-order chi connectivity index (χ0) is 38.1. The number of aromatic nitrogens is 2. The van der Waals surface area contributed by atoms with Crippen LogP contribution >= 0.6 is 8.53 Å². The number of aliphatic hydroxyl groups is 1. The van der Waals surface area contributed by atoms with Gasteiger partial charge in [0.1, 0.15) is 41.5 Å². The van der Waals surface area contributed by atoms with Crippen molar-refractivity contribution in [3.8, 4) is 17.6 Å². The summed E-state index contributed by atoms with van der Waals surface area (Å²) in [5.74, 6) is 1.33. The quantitative estimate of drug-likeness (QED) is 0.0704. The average Bonchev–Trinajstić information content (AvgIpc) is 3.46. The van der Waals surface area contributed by atoms with Crippen LogP contribution in [0.4, 0.5) is 0 Å². The molecule has 5 rings (SSSR count). The van der Waals surface area contributed by atoms with Crippen molar-refractivity contribution in [3.63, 3.8) is 0 Å². The summed E-state index contributed by atoms with van der Waals surface area (Å²) in [6.07, 6.45) is -3.22. The minimum Gasteiger partial charge on any atom is -0.497 e. The fourth-order valence-corrected chi connectivity index (χ4v) is 8.34. The molecule has 0 bridgehead atoms. The van der Waals surface area contributed by atoms with Gasteiger partial charge in [-0.3, -0.25) is 9.78 Å². The molecule has 0 saturated carbocycles. The Kier molecular flexibility index (Phi) is 13.6. The summed E-state index contributed by atoms with van der Waals surface area (Å²) in [6, 6.07) is 27.0. The third-order valence-corrected chi connectivity index (χ3v) is 11.1. The van der Waals surface area contributed by atoms with Crippen molar-refractivity contribution in [1.29, 1.82) is 5.26 Å². The highest BCUT2D eigenvalue weighted by atomic mass is 31.2. The highest BCUT2D eigenvalue weighted by Crippen LogP contribution is 2.51. The van der Waals surface area contributed by atoms with Crippen molar-refractivity contribution in [1.82, 2.24) is 14.6 Å². The number of aliphatic hydroxyl groups excluding tert-OH is 1. The molecule has 1 aromatic heterocycles. The van der Waals surface area contributed by atoms with Gasteiger partial charge in [0.15, 0.2) is 0 Å². The largest absolute Gasteiger partial charge is 0.497 e. The number of ether oxygens (including phenoxy) is 4. The Morgan fingerprint density at radius 1 is 0.906 bits per heavy atom. The fourth-order valence-electron chi connectivity index (χ4n) is 6.57. The molecule has 1 unspecified atom stereocenters.